The van der Waals surface area contributed by atoms with Gasteiger partial charge in [0.2, 0.25) is 10.0 Å². The van der Waals surface area contributed by atoms with Crippen LogP contribution in [-0.2, 0) is 10.0 Å². The second kappa shape index (κ2) is 10.6. The van der Waals surface area contributed by atoms with Gasteiger partial charge >= 0.3 is 0 Å². The van der Waals surface area contributed by atoms with Crippen LogP contribution in [0.2, 0.25) is 0 Å². The minimum Gasteiger partial charge on any atom is -0.492 e. The number of unbranched alkanes of at least 4 members (excludes halogenated alkanes) is 1. The summed E-state index contributed by atoms with van der Waals surface area (Å²) in [6.45, 7) is 4.60. The molecule has 0 aliphatic heterocycles. The third kappa shape index (κ3) is 9.44. The zero-order chi connectivity index (χ0) is 15.4. The Morgan fingerprint density at radius 2 is 1.81 bits per heavy atom. The lowest BCUT2D eigenvalue weighted by Crippen LogP contribution is -2.30. The van der Waals surface area contributed by atoms with E-state index in [1.807, 2.05) is 30.3 Å². The molecule has 21 heavy (non-hydrogen) atoms. The number of hydrogen-bond donors (Lipinski definition) is 2. The molecule has 0 bridgehead atoms. The highest BCUT2D eigenvalue weighted by atomic mass is 32.2. The van der Waals surface area contributed by atoms with Crippen molar-refractivity contribution in [1.82, 2.24) is 10.0 Å². The number of ether oxygens (including phenoxy) is 1. The van der Waals surface area contributed by atoms with Gasteiger partial charge in [0, 0.05) is 6.54 Å². The molecular weight excluding hydrogens is 288 g/mol. The molecule has 2 N–H and O–H groups in total. The van der Waals surface area contributed by atoms with E-state index in [2.05, 4.69) is 17.0 Å². The van der Waals surface area contributed by atoms with Crippen molar-refractivity contribution in [2.45, 2.75) is 26.2 Å². The normalized spacial score (nSPS) is 11.5. The van der Waals surface area contributed by atoms with Gasteiger partial charge in [-0.15, -0.1) is 0 Å². The van der Waals surface area contributed by atoms with Crippen molar-refractivity contribution in [3.8, 4) is 5.75 Å². The molecule has 0 aromatic heterocycles. The Labute approximate surface area is 128 Å². The lowest BCUT2D eigenvalue weighted by Gasteiger charge is -2.08. The average Bonchev–Trinajstić information content (AvgIpc) is 2.48. The summed E-state index contributed by atoms with van der Waals surface area (Å²) in [5, 5.41) is 3.26. The third-order valence-electron chi connectivity index (χ3n) is 2.88. The van der Waals surface area contributed by atoms with Crippen molar-refractivity contribution in [2.24, 2.45) is 0 Å². The molecule has 0 heterocycles. The van der Waals surface area contributed by atoms with E-state index in [4.69, 9.17) is 4.74 Å². The maximum atomic E-state index is 11.7. The number of rotatable bonds is 12. The Kier molecular flexibility index (Phi) is 9.05. The molecule has 1 rings (SSSR count). The van der Waals surface area contributed by atoms with E-state index >= 15 is 0 Å². The average molecular weight is 314 g/mol. The predicted octanol–water partition coefficient (Wildman–Crippen LogP) is 1.76. The third-order valence-corrected chi connectivity index (χ3v) is 4.35. The van der Waals surface area contributed by atoms with Crippen LogP contribution in [0.5, 0.6) is 5.75 Å². The van der Waals surface area contributed by atoms with Crippen molar-refractivity contribution in [2.75, 3.05) is 32.0 Å². The summed E-state index contributed by atoms with van der Waals surface area (Å²) in [5.41, 5.74) is 0. The van der Waals surface area contributed by atoms with Gasteiger partial charge in [0.05, 0.1) is 5.75 Å². The lowest BCUT2D eigenvalue weighted by atomic mass is 10.3. The molecule has 0 aliphatic rings. The van der Waals surface area contributed by atoms with Crippen molar-refractivity contribution in [3.63, 3.8) is 0 Å². The molecule has 0 atom stereocenters. The van der Waals surface area contributed by atoms with E-state index in [1.165, 1.54) is 0 Å². The smallest absolute Gasteiger partial charge is 0.211 e. The summed E-state index contributed by atoms with van der Waals surface area (Å²) in [6.07, 6.45) is 2.65. The molecule has 0 saturated heterocycles. The molecule has 0 radical (unpaired) electrons. The van der Waals surface area contributed by atoms with Gasteiger partial charge in [0.15, 0.2) is 0 Å². The monoisotopic (exact) mass is 314 g/mol. The first kappa shape index (κ1) is 17.9. The number of nitrogens with one attached hydrogen (secondary N) is 2. The van der Waals surface area contributed by atoms with Gasteiger partial charge in [-0.3, -0.25) is 0 Å². The van der Waals surface area contributed by atoms with Crippen molar-refractivity contribution in [3.05, 3.63) is 30.3 Å². The summed E-state index contributed by atoms with van der Waals surface area (Å²) >= 11 is 0. The van der Waals surface area contributed by atoms with Crippen LogP contribution in [0.4, 0.5) is 0 Å². The van der Waals surface area contributed by atoms with Gasteiger partial charge < -0.3 is 10.1 Å². The molecule has 6 heteroatoms. The lowest BCUT2D eigenvalue weighted by molar-refractivity contribution is 0.323. The van der Waals surface area contributed by atoms with Gasteiger partial charge in [0.1, 0.15) is 12.4 Å². The summed E-state index contributed by atoms with van der Waals surface area (Å²) in [7, 11) is -3.19. The van der Waals surface area contributed by atoms with Crippen LogP contribution >= 0.6 is 0 Å². The maximum Gasteiger partial charge on any atom is 0.211 e. The molecule has 0 saturated carbocycles. The minimum absolute atomic E-state index is 0.173. The van der Waals surface area contributed by atoms with Crippen molar-refractivity contribution >= 4 is 10.0 Å². The Hall–Kier alpha value is -1.11. The Bertz CT molecular complexity index is 463. The highest BCUT2D eigenvalue weighted by molar-refractivity contribution is 7.89. The second-order valence-corrected chi connectivity index (χ2v) is 6.76. The first-order valence-corrected chi connectivity index (χ1v) is 9.15. The van der Waals surface area contributed by atoms with Crippen molar-refractivity contribution in [1.29, 1.82) is 0 Å². The largest absolute Gasteiger partial charge is 0.492 e. The van der Waals surface area contributed by atoms with Crippen LogP contribution in [-0.4, -0.2) is 40.4 Å². The first-order valence-electron chi connectivity index (χ1n) is 7.50. The number of para-hydroxylation sites is 1. The molecule has 120 valence electrons. The zero-order valence-corrected chi connectivity index (χ0v) is 13.5. The molecule has 0 fully saturated rings. The van der Waals surface area contributed by atoms with Gasteiger partial charge in [-0.05, 0) is 44.5 Å². The van der Waals surface area contributed by atoms with Crippen molar-refractivity contribution < 1.29 is 13.2 Å². The number of benzene rings is 1. The molecule has 0 aliphatic carbocycles. The molecular formula is C15H26N2O3S. The summed E-state index contributed by atoms with van der Waals surface area (Å²) < 4.78 is 31.5. The Balaban J connectivity index is 2.07. The van der Waals surface area contributed by atoms with E-state index in [0.717, 1.165) is 31.7 Å². The number of hydrogen-bond acceptors (Lipinski definition) is 4. The van der Waals surface area contributed by atoms with Crippen LogP contribution in [0.1, 0.15) is 26.2 Å². The van der Waals surface area contributed by atoms with E-state index in [0.29, 0.717) is 19.6 Å². The fourth-order valence-corrected chi connectivity index (χ4v) is 2.92. The van der Waals surface area contributed by atoms with Crippen LogP contribution in [0.3, 0.4) is 0 Å². The Morgan fingerprint density at radius 1 is 1.05 bits per heavy atom. The van der Waals surface area contributed by atoms with E-state index in [1.54, 1.807) is 0 Å². The highest BCUT2D eigenvalue weighted by Crippen LogP contribution is 2.07. The predicted molar refractivity (Wildman–Crippen MR) is 86.1 cm³/mol. The molecule has 1 aromatic carbocycles. The first-order chi connectivity index (χ1) is 10.1. The topological polar surface area (TPSA) is 67.4 Å². The van der Waals surface area contributed by atoms with Gasteiger partial charge in [0.25, 0.3) is 0 Å². The van der Waals surface area contributed by atoms with Gasteiger partial charge in [-0.1, -0.05) is 25.1 Å². The standard InChI is InChI=1S/C15H26N2O3S/c1-2-10-16-11-6-7-14-21(18,19)17-12-13-20-15-8-4-3-5-9-15/h3-5,8-9,16-17H,2,6-7,10-14H2,1H3. The summed E-state index contributed by atoms with van der Waals surface area (Å²) in [4.78, 5) is 0. The summed E-state index contributed by atoms with van der Waals surface area (Å²) in [6, 6.07) is 9.36. The van der Waals surface area contributed by atoms with E-state index in [-0.39, 0.29) is 5.75 Å². The van der Waals surface area contributed by atoms with Gasteiger partial charge in [-0.25, -0.2) is 13.1 Å². The van der Waals surface area contributed by atoms with E-state index in [9.17, 15) is 8.42 Å². The van der Waals surface area contributed by atoms with Gasteiger partial charge in [-0.2, -0.15) is 0 Å². The second-order valence-electron chi connectivity index (χ2n) is 4.83. The highest BCUT2D eigenvalue weighted by Gasteiger charge is 2.08. The molecule has 5 nitrogen and oxygen atoms in total. The fourth-order valence-electron chi connectivity index (χ4n) is 1.80. The van der Waals surface area contributed by atoms with Crippen LogP contribution in [0, 0.1) is 0 Å². The SMILES string of the molecule is CCCNCCCCS(=O)(=O)NCCOc1ccccc1. The van der Waals surface area contributed by atoms with E-state index < -0.39 is 10.0 Å². The summed E-state index contributed by atoms with van der Waals surface area (Å²) in [5.74, 6) is 0.922. The fraction of sp³-hybridized carbons (Fsp3) is 0.600. The van der Waals surface area contributed by atoms with Crippen LogP contribution in [0.25, 0.3) is 0 Å². The minimum atomic E-state index is -3.19. The maximum absolute atomic E-state index is 11.7. The molecule has 1 aromatic rings. The Morgan fingerprint density at radius 3 is 2.52 bits per heavy atom. The zero-order valence-electron chi connectivity index (χ0n) is 12.7. The quantitative estimate of drug-likeness (QED) is 0.577. The van der Waals surface area contributed by atoms with Crippen LogP contribution in [0.15, 0.2) is 30.3 Å². The number of sulfonamides is 1. The molecule has 0 spiro atoms. The molecule has 0 amide bonds. The molecule has 0 unspecified atom stereocenters. The van der Waals surface area contributed by atoms with Crippen LogP contribution < -0.4 is 14.8 Å².